The maximum absolute atomic E-state index is 12.5. The SMILES string of the molecule is CCc1ccc(OCc2nnc(SCC(=O)Nc3sc(CC)cc3C(=O)OC)n2C)cc1. The van der Waals surface area contributed by atoms with Crippen molar-refractivity contribution in [2.75, 3.05) is 18.2 Å². The lowest BCUT2D eigenvalue weighted by Gasteiger charge is -2.07. The number of hydrogen-bond donors (Lipinski definition) is 1. The van der Waals surface area contributed by atoms with E-state index in [-0.39, 0.29) is 18.3 Å². The van der Waals surface area contributed by atoms with E-state index in [1.54, 1.807) is 10.6 Å². The molecule has 1 N–H and O–H groups in total. The normalized spacial score (nSPS) is 10.8. The van der Waals surface area contributed by atoms with Crippen LogP contribution in [0.4, 0.5) is 5.00 Å². The van der Waals surface area contributed by atoms with Crippen molar-refractivity contribution >= 4 is 40.0 Å². The highest BCUT2D eigenvalue weighted by atomic mass is 32.2. The number of esters is 1. The number of amides is 1. The van der Waals surface area contributed by atoms with Gasteiger partial charge in [-0.15, -0.1) is 21.5 Å². The quantitative estimate of drug-likeness (QED) is 0.349. The van der Waals surface area contributed by atoms with E-state index in [4.69, 9.17) is 9.47 Å². The Balaban J connectivity index is 1.56. The number of thioether (sulfide) groups is 1. The average Bonchev–Trinajstić information content (AvgIpc) is 3.38. The standard InChI is InChI=1S/C22H26N4O4S2/c1-5-14-7-9-15(10-8-14)30-12-18-24-25-22(26(18)3)31-13-19(27)23-20-17(21(28)29-4)11-16(6-2)32-20/h7-11H,5-6,12-13H2,1-4H3,(H,23,27). The predicted octanol–water partition coefficient (Wildman–Crippen LogP) is 4.10. The van der Waals surface area contributed by atoms with E-state index in [0.29, 0.717) is 21.5 Å². The number of aryl methyl sites for hydroxylation is 2. The lowest BCUT2D eigenvalue weighted by Crippen LogP contribution is -2.16. The summed E-state index contributed by atoms with van der Waals surface area (Å²) in [6, 6.07) is 9.70. The number of anilines is 1. The molecule has 0 aliphatic heterocycles. The van der Waals surface area contributed by atoms with E-state index in [0.717, 1.165) is 23.5 Å². The number of nitrogens with zero attached hydrogens (tertiary/aromatic N) is 3. The van der Waals surface area contributed by atoms with Gasteiger partial charge in [-0.05, 0) is 36.6 Å². The zero-order valence-corrected chi connectivity index (χ0v) is 20.1. The molecule has 2 aromatic heterocycles. The summed E-state index contributed by atoms with van der Waals surface area (Å²) >= 11 is 2.64. The van der Waals surface area contributed by atoms with Crippen LogP contribution in [0.1, 0.15) is 40.5 Å². The van der Waals surface area contributed by atoms with Gasteiger partial charge in [0.1, 0.15) is 17.4 Å². The van der Waals surface area contributed by atoms with Gasteiger partial charge in [-0.1, -0.05) is 37.7 Å². The molecule has 0 saturated heterocycles. The van der Waals surface area contributed by atoms with Crippen molar-refractivity contribution in [2.45, 2.75) is 38.5 Å². The average molecular weight is 475 g/mol. The topological polar surface area (TPSA) is 95.3 Å². The van der Waals surface area contributed by atoms with E-state index < -0.39 is 5.97 Å². The maximum Gasteiger partial charge on any atom is 0.340 e. The molecule has 8 nitrogen and oxygen atoms in total. The third-order valence-electron chi connectivity index (χ3n) is 4.75. The van der Waals surface area contributed by atoms with Crippen LogP contribution in [0.15, 0.2) is 35.5 Å². The van der Waals surface area contributed by atoms with Crippen LogP contribution in [-0.2, 0) is 36.0 Å². The van der Waals surface area contributed by atoms with Crippen LogP contribution < -0.4 is 10.1 Å². The summed E-state index contributed by atoms with van der Waals surface area (Å²) in [5, 5.41) is 12.2. The Kier molecular flexibility index (Phi) is 8.29. The minimum absolute atomic E-state index is 0.130. The van der Waals surface area contributed by atoms with Crippen LogP contribution in [-0.4, -0.2) is 39.5 Å². The van der Waals surface area contributed by atoms with Crippen LogP contribution >= 0.6 is 23.1 Å². The number of methoxy groups -OCH3 is 1. The number of rotatable bonds is 10. The maximum atomic E-state index is 12.5. The van der Waals surface area contributed by atoms with Crippen molar-refractivity contribution in [3.05, 3.63) is 52.2 Å². The second-order valence-corrected chi connectivity index (χ2v) is 8.96. The van der Waals surface area contributed by atoms with Crippen LogP contribution in [0.3, 0.4) is 0 Å². The first-order chi connectivity index (χ1) is 15.4. The summed E-state index contributed by atoms with van der Waals surface area (Å²) in [7, 11) is 3.16. The van der Waals surface area contributed by atoms with Gasteiger partial charge in [0, 0.05) is 11.9 Å². The van der Waals surface area contributed by atoms with E-state index in [1.807, 2.05) is 38.2 Å². The van der Waals surface area contributed by atoms with E-state index in [9.17, 15) is 9.59 Å². The molecule has 32 heavy (non-hydrogen) atoms. The zero-order chi connectivity index (χ0) is 23.1. The molecular formula is C22H26N4O4S2. The highest BCUT2D eigenvalue weighted by Gasteiger charge is 2.19. The number of benzene rings is 1. The smallest absolute Gasteiger partial charge is 0.340 e. The van der Waals surface area contributed by atoms with Gasteiger partial charge in [-0.3, -0.25) is 4.79 Å². The minimum atomic E-state index is -0.466. The van der Waals surface area contributed by atoms with Crippen molar-refractivity contribution in [2.24, 2.45) is 7.05 Å². The number of aromatic nitrogens is 3. The fourth-order valence-corrected chi connectivity index (χ4v) is 4.56. The van der Waals surface area contributed by atoms with Gasteiger partial charge in [0.05, 0.1) is 18.4 Å². The molecule has 3 rings (SSSR count). The summed E-state index contributed by atoms with van der Waals surface area (Å²) in [5.74, 6) is 0.854. The number of carbonyl (C=O) groups is 2. The first-order valence-corrected chi connectivity index (χ1v) is 12.0. The fourth-order valence-electron chi connectivity index (χ4n) is 2.83. The van der Waals surface area contributed by atoms with Gasteiger partial charge in [-0.2, -0.15) is 0 Å². The fraction of sp³-hybridized carbons (Fsp3) is 0.364. The third kappa shape index (κ3) is 5.89. The third-order valence-corrected chi connectivity index (χ3v) is 6.96. The Bertz CT molecular complexity index is 1080. The minimum Gasteiger partial charge on any atom is -0.486 e. The summed E-state index contributed by atoms with van der Waals surface area (Å²) < 4.78 is 12.4. The van der Waals surface area contributed by atoms with Crippen molar-refractivity contribution in [1.82, 2.24) is 14.8 Å². The molecule has 0 unspecified atom stereocenters. The summed E-state index contributed by atoms with van der Waals surface area (Å²) in [6.07, 6.45) is 1.75. The molecule has 1 amide bonds. The van der Waals surface area contributed by atoms with E-state index in [1.165, 1.54) is 35.8 Å². The molecule has 3 aromatic rings. The largest absolute Gasteiger partial charge is 0.486 e. The molecule has 0 saturated carbocycles. The van der Waals surface area contributed by atoms with Gasteiger partial charge in [0.2, 0.25) is 5.91 Å². The first kappa shape index (κ1) is 23.8. The molecule has 0 fully saturated rings. The van der Waals surface area contributed by atoms with E-state index >= 15 is 0 Å². The van der Waals surface area contributed by atoms with Gasteiger partial charge in [0.25, 0.3) is 0 Å². The predicted molar refractivity (Wildman–Crippen MR) is 126 cm³/mol. The Morgan fingerprint density at radius 2 is 1.91 bits per heavy atom. The van der Waals surface area contributed by atoms with E-state index in [2.05, 4.69) is 22.4 Å². The first-order valence-electron chi connectivity index (χ1n) is 10.2. The number of hydrogen-bond acceptors (Lipinski definition) is 8. The molecule has 0 radical (unpaired) electrons. The monoisotopic (exact) mass is 474 g/mol. The van der Waals surface area contributed by atoms with Crippen molar-refractivity contribution in [3.63, 3.8) is 0 Å². The number of thiophene rings is 1. The summed E-state index contributed by atoms with van der Waals surface area (Å²) in [4.78, 5) is 25.4. The molecule has 0 aliphatic rings. The van der Waals surface area contributed by atoms with Gasteiger partial charge < -0.3 is 19.4 Å². The molecule has 1 aromatic carbocycles. The van der Waals surface area contributed by atoms with Gasteiger partial charge >= 0.3 is 5.97 Å². The molecule has 2 heterocycles. The lowest BCUT2D eigenvalue weighted by atomic mass is 10.2. The highest BCUT2D eigenvalue weighted by Crippen LogP contribution is 2.29. The molecule has 10 heteroatoms. The van der Waals surface area contributed by atoms with Crippen LogP contribution in [0.25, 0.3) is 0 Å². The van der Waals surface area contributed by atoms with Gasteiger partial charge in [0.15, 0.2) is 11.0 Å². The summed E-state index contributed by atoms with van der Waals surface area (Å²) in [5.41, 5.74) is 1.62. The second-order valence-electron chi connectivity index (χ2n) is 6.88. The van der Waals surface area contributed by atoms with Gasteiger partial charge in [-0.25, -0.2) is 4.79 Å². The molecule has 170 valence electrons. The molecular weight excluding hydrogens is 448 g/mol. The molecule has 0 aliphatic carbocycles. The summed E-state index contributed by atoms with van der Waals surface area (Å²) in [6.45, 7) is 4.37. The number of ether oxygens (including phenoxy) is 2. The molecule has 0 bridgehead atoms. The molecule has 0 atom stereocenters. The van der Waals surface area contributed by atoms with Crippen molar-refractivity contribution < 1.29 is 19.1 Å². The zero-order valence-electron chi connectivity index (χ0n) is 18.5. The van der Waals surface area contributed by atoms with Crippen molar-refractivity contribution in [3.8, 4) is 5.75 Å². The lowest BCUT2D eigenvalue weighted by molar-refractivity contribution is -0.113. The highest BCUT2D eigenvalue weighted by molar-refractivity contribution is 7.99. The van der Waals surface area contributed by atoms with Crippen LogP contribution in [0.5, 0.6) is 5.75 Å². The van der Waals surface area contributed by atoms with Crippen LogP contribution in [0, 0.1) is 0 Å². The number of nitrogens with one attached hydrogen (secondary N) is 1. The second kappa shape index (κ2) is 11.1. The van der Waals surface area contributed by atoms with Crippen LogP contribution in [0.2, 0.25) is 0 Å². The van der Waals surface area contributed by atoms with Crippen molar-refractivity contribution in [1.29, 1.82) is 0 Å². The molecule has 0 spiro atoms. The Morgan fingerprint density at radius 3 is 2.56 bits per heavy atom. The number of carbonyl (C=O) groups excluding carboxylic acids is 2. The Hall–Kier alpha value is -2.85. The Labute approximate surface area is 195 Å². The Morgan fingerprint density at radius 1 is 1.16 bits per heavy atom.